The molecule has 0 saturated carbocycles. The molecule has 0 aliphatic carbocycles. The zero-order valence-corrected chi connectivity index (χ0v) is 14.5. The lowest BCUT2D eigenvalue weighted by atomic mass is 10.1. The molecular weight excluding hydrogens is 358 g/mol. The van der Waals surface area contributed by atoms with Crippen LogP contribution in [-0.4, -0.2) is 32.9 Å². The average Bonchev–Trinajstić information content (AvgIpc) is 3.09. The van der Waals surface area contributed by atoms with Crippen LogP contribution in [0.2, 0.25) is 0 Å². The van der Waals surface area contributed by atoms with E-state index in [0.29, 0.717) is 12.2 Å². The van der Waals surface area contributed by atoms with Crippen LogP contribution in [0.25, 0.3) is 0 Å². The minimum absolute atomic E-state index is 0.0500. The third-order valence-electron chi connectivity index (χ3n) is 3.74. The number of sulfonamides is 1. The van der Waals surface area contributed by atoms with Crippen molar-refractivity contribution in [3.63, 3.8) is 0 Å². The molecule has 3 rings (SSSR count). The summed E-state index contributed by atoms with van der Waals surface area (Å²) in [7, 11) is -3.79. The largest absolute Gasteiger partial charge is 0.480 e. The Labute approximate surface area is 150 Å². The number of amides is 2. The van der Waals surface area contributed by atoms with Gasteiger partial charge in [0.25, 0.3) is 11.8 Å². The van der Waals surface area contributed by atoms with Gasteiger partial charge in [0.1, 0.15) is 5.75 Å². The first-order valence-electron chi connectivity index (χ1n) is 7.84. The average molecular weight is 375 g/mol. The molecule has 2 amide bonds. The molecule has 1 aliphatic rings. The minimum atomic E-state index is -3.79. The van der Waals surface area contributed by atoms with Gasteiger partial charge >= 0.3 is 0 Å². The van der Waals surface area contributed by atoms with Crippen LogP contribution in [0.1, 0.15) is 5.56 Å². The van der Waals surface area contributed by atoms with Crippen LogP contribution in [0.4, 0.5) is 0 Å². The molecule has 2 aromatic rings. The van der Waals surface area contributed by atoms with Crippen molar-refractivity contribution in [2.45, 2.75) is 17.4 Å². The number of rotatable bonds is 5. The first-order valence-corrected chi connectivity index (χ1v) is 9.32. The second kappa shape index (κ2) is 7.54. The van der Waals surface area contributed by atoms with E-state index in [1.54, 1.807) is 30.3 Å². The summed E-state index contributed by atoms with van der Waals surface area (Å²) in [6.45, 7) is -0.511. The Balaban J connectivity index is 1.45. The van der Waals surface area contributed by atoms with E-state index in [9.17, 15) is 18.0 Å². The van der Waals surface area contributed by atoms with Gasteiger partial charge in [0.2, 0.25) is 10.0 Å². The molecule has 136 valence electrons. The van der Waals surface area contributed by atoms with Gasteiger partial charge in [0.15, 0.2) is 6.10 Å². The van der Waals surface area contributed by atoms with E-state index in [4.69, 9.17) is 4.74 Å². The molecule has 0 bridgehead atoms. The molecule has 26 heavy (non-hydrogen) atoms. The quantitative estimate of drug-likeness (QED) is 0.642. The second-order valence-electron chi connectivity index (χ2n) is 5.59. The molecule has 3 N–H and O–H groups in total. The maximum absolute atomic E-state index is 12.1. The summed E-state index contributed by atoms with van der Waals surface area (Å²) < 4.78 is 31.7. The number of benzene rings is 2. The number of hydrazine groups is 1. The van der Waals surface area contributed by atoms with Gasteiger partial charge in [-0.2, -0.15) is 0 Å². The molecule has 0 saturated heterocycles. The molecule has 0 aromatic heterocycles. The monoisotopic (exact) mass is 375 g/mol. The number of nitrogens with one attached hydrogen (secondary N) is 3. The normalized spacial score (nSPS) is 15.6. The van der Waals surface area contributed by atoms with Crippen LogP contribution < -0.4 is 20.3 Å². The van der Waals surface area contributed by atoms with Gasteiger partial charge in [-0.1, -0.05) is 36.4 Å². The smallest absolute Gasteiger partial charge is 0.279 e. The summed E-state index contributed by atoms with van der Waals surface area (Å²) in [6, 6.07) is 14.9. The standard InChI is InChI=1S/C17H17N3O5S/c21-16(11-18-26(23,24)13-7-2-1-3-8-13)19-20-17(22)15-10-12-6-4-5-9-14(12)25-15/h1-9,15,18H,10-11H2,(H,19,21)(H,20,22)/t15-/m0/s1. The lowest BCUT2D eigenvalue weighted by Gasteiger charge is -2.12. The summed E-state index contributed by atoms with van der Waals surface area (Å²) in [4.78, 5) is 23.9. The molecule has 8 nitrogen and oxygen atoms in total. The third-order valence-corrected chi connectivity index (χ3v) is 5.16. The zero-order valence-electron chi connectivity index (χ0n) is 13.6. The highest BCUT2D eigenvalue weighted by Crippen LogP contribution is 2.27. The summed E-state index contributed by atoms with van der Waals surface area (Å²) >= 11 is 0. The van der Waals surface area contributed by atoms with E-state index in [1.807, 2.05) is 12.1 Å². The van der Waals surface area contributed by atoms with Crippen molar-refractivity contribution in [3.8, 4) is 5.75 Å². The van der Waals surface area contributed by atoms with Crippen LogP contribution in [-0.2, 0) is 26.0 Å². The number of fused-ring (bicyclic) bond motifs is 1. The number of ether oxygens (including phenoxy) is 1. The van der Waals surface area contributed by atoms with Crippen molar-refractivity contribution >= 4 is 21.8 Å². The molecule has 1 atom stereocenters. The zero-order chi connectivity index (χ0) is 18.6. The van der Waals surface area contributed by atoms with E-state index in [2.05, 4.69) is 15.6 Å². The number of carbonyl (C=O) groups is 2. The van der Waals surface area contributed by atoms with Gasteiger partial charge in [-0.3, -0.25) is 20.4 Å². The predicted octanol–water partition coefficient (Wildman–Crippen LogP) is 0.116. The second-order valence-corrected chi connectivity index (χ2v) is 7.36. The number of para-hydroxylation sites is 1. The lowest BCUT2D eigenvalue weighted by molar-refractivity contribution is -0.132. The molecule has 0 fully saturated rings. The molecule has 0 unspecified atom stereocenters. The molecule has 9 heteroatoms. The molecule has 0 radical (unpaired) electrons. The first kappa shape index (κ1) is 17.9. The maximum atomic E-state index is 12.1. The fourth-order valence-electron chi connectivity index (χ4n) is 2.43. The van der Waals surface area contributed by atoms with Crippen molar-refractivity contribution in [1.82, 2.24) is 15.6 Å². The van der Waals surface area contributed by atoms with Gasteiger partial charge < -0.3 is 4.74 Å². The Morgan fingerprint density at radius 2 is 1.69 bits per heavy atom. The topological polar surface area (TPSA) is 114 Å². The Morgan fingerprint density at radius 1 is 1.00 bits per heavy atom. The molecule has 1 aliphatic heterocycles. The molecule has 1 heterocycles. The lowest BCUT2D eigenvalue weighted by Crippen LogP contribution is -2.50. The summed E-state index contributed by atoms with van der Waals surface area (Å²) in [5.41, 5.74) is 5.31. The predicted molar refractivity (Wildman–Crippen MR) is 92.5 cm³/mol. The number of hydrogen-bond acceptors (Lipinski definition) is 5. The number of hydrogen-bond donors (Lipinski definition) is 3. The highest BCUT2D eigenvalue weighted by atomic mass is 32.2. The van der Waals surface area contributed by atoms with E-state index in [0.717, 1.165) is 5.56 Å². The van der Waals surface area contributed by atoms with E-state index in [-0.39, 0.29) is 4.90 Å². The van der Waals surface area contributed by atoms with Crippen molar-refractivity contribution < 1.29 is 22.7 Å². The van der Waals surface area contributed by atoms with Crippen LogP contribution in [0.15, 0.2) is 59.5 Å². The van der Waals surface area contributed by atoms with E-state index >= 15 is 0 Å². The van der Waals surface area contributed by atoms with Crippen molar-refractivity contribution in [2.24, 2.45) is 0 Å². The fraction of sp³-hybridized carbons (Fsp3) is 0.176. The van der Waals surface area contributed by atoms with Gasteiger partial charge in [-0.25, -0.2) is 13.1 Å². The summed E-state index contributed by atoms with van der Waals surface area (Å²) in [5, 5.41) is 0. The van der Waals surface area contributed by atoms with Crippen LogP contribution in [0.5, 0.6) is 5.75 Å². The Morgan fingerprint density at radius 3 is 2.42 bits per heavy atom. The van der Waals surface area contributed by atoms with Crippen molar-refractivity contribution in [3.05, 3.63) is 60.2 Å². The molecule has 2 aromatic carbocycles. The van der Waals surface area contributed by atoms with Gasteiger partial charge in [0, 0.05) is 6.42 Å². The SMILES string of the molecule is O=C(CNS(=O)(=O)c1ccccc1)NNC(=O)[C@@H]1Cc2ccccc2O1. The Bertz CT molecular complexity index is 890. The van der Waals surface area contributed by atoms with Crippen LogP contribution in [0, 0.1) is 0 Å². The summed E-state index contributed by atoms with van der Waals surface area (Å²) in [6.07, 6.45) is -0.341. The summed E-state index contributed by atoms with van der Waals surface area (Å²) in [5.74, 6) is -0.580. The highest BCUT2D eigenvalue weighted by Gasteiger charge is 2.29. The molecular formula is C17H17N3O5S. The van der Waals surface area contributed by atoms with Gasteiger partial charge in [-0.15, -0.1) is 0 Å². The van der Waals surface area contributed by atoms with E-state index < -0.39 is 34.5 Å². The number of carbonyl (C=O) groups excluding carboxylic acids is 2. The van der Waals surface area contributed by atoms with Crippen LogP contribution >= 0.6 is 0 Å². The van der Waals surface area contributed by atoms with Gasteiger partial charge in [0.05, 0.1) is 11.4 Å². The maximum Gasteiger partial charge on any atom is 0.279 e. The molecule has 0 spiro atoms. The van der Waals surface area contributed by atoms with Crippen LogP contribution in [0.3, 0.4) is 0 Å². The highest BCUT2D eigenvalue weighted by molar-refractivity contribution is 7.89. The van der Waals surface area contributed by atoms with E-state index in [1.165, 1.54) is 12.1 Å². The van der Waals surface area contributed by atoms with Crippen molar-refractivity contribution in [2.75, 3.05) is 6.54 Å². The first-order chi connectivity index (χ1) is 12.5. The minimum Gasteiger partial charge on any atom is -0.480 e. The fourth-order valence-corrected chi connectivity index (χ4v) is 3.43. The third kappa shape index (κ3) is 4.19. The Kier molecular flexibility index (Phi) is 5.19. The Hall–Kier alpha value is -2.91. The van der Waals surface area contributed by atoms with Gasteiger partial charge in [-0.05, 0) is 23.8 Å². The van der Waals surface area contributed by atoms with Crippen molar-refractivity contribution in [1.29, 1.82) is 0 Å².